The summed E-state index contributed by atoms with van der Waals surface area (Å²) in [5.74, 6) is 0.794. The molecule has 30 heavy (non-hydrogen) atoms. The number of aryl methyl sites for hydroxylation is 1. The van der Waals surface area contributed by atoms with Crippen molar-refractivity contribution in [3.05, 3.63) is 70.8 Å². The monoisotopic (exact) mass is 406 g/mol. The van der Waals surface area contributed by atoms with Crippen LogP contribution in [0.3, 0.4) is 0 Å². The summed E-state index contributed by atoms with van der Waals surface area (Å²) in [6.07, 6.45) is 1.56. The third-order valence-electron chi connectivity index (χ3n) is 5.83. The summed E-state index contributed by atoms with van der Waals surface area (Å²) in [6.45, 7) is 10.3. The van der Waals surface area contributed by atoms with Gasteiger partial charge in [0.15, 0.2) is 0 Å². The molecule has 1 aliphatic rings. The Morgan fingerprint density at radius 3 is 2.50 bits per heavy atom. The minimum absolute atomic E-state index is 0.0243. The second-order valence-corrected chi connectivity index (χ2v) is 9.14. The van der Waals surface area contributed by atoms with E-state index in [1.807, 2.05) is 17.9 Å². The zero-order valence-corrected chi connectivity index (χ0v) is 18.7. The van der Waals surface area contributed by atoms with E-state index in [0.717, 1.165) is 17.5 Å². The smallest absolute Gasteiger partial charge is 0.227 e. The number of amides is 2. The van der Waals surface area contributed by atoms with Gasteiger partial charge < -0.3 is 10.2 Å². The Kier molecular flexibility index (Phi) is 7.30. The van der Waals surface area contributed by atoms with E-state index in [4.69, 9.17) is 0 Å². The second-order valence-electron chi connectivity index (χ2n) is 9.14. The first-order valence-electron chi connectivity index (χ1n) is 11.0. The van der Waals surface area contributed by atoms with Crippen molar-refractivity contribution in [3.8, 4) is 0 Å². The van der Waals surface area contributed by atoms with Crippen molar-refractivity contribution in [2.45, 2.75) is 53.0 Å². The van der Waals surface area contributed by atoms with Crippen LogP contribution in [0.25, 0.3) is 0 Å². The van der Waals surface area contributed by atoms with E-state index in [-0.39, 0.29) is 23.7 Å². The predicted molar refractivity (Wildman–Crippen MR) is 121 cm³/mol. The topological polar surface area (TPSA) is 49.4 Å². The molecule has 2 atom stereocenters. The fourth-order valence-corrected chi connectivity index (χ4v) is 4.14. The lowest BCUT2D eigenvalue weighted by Gasteiger charge is -2.18. The summed E-state index contributed by atoms with van der Waals surface area (Å²) in [4.78, 5) is 26.9. The highest BCUT2D eigenvalue weighted by molar-refractivity contribution is 5.83. The van der Waals surface area contributed by atoms with Crippen molar-refractivity contribution in [3.63, 3.8) is 0 Å². The standard InChI is InChI=1S/C26H34N2O2/c1-18(2)12-21-8-10-24(11-9-21)20(4)26(30)27-15-23-14-25(29)28(17-23)16-22-7-5-6-19(3)13-22/h5-11,13,18,20,23H,12,14-17H2,1-4H3,(H,27,30). The van der Waals surface area contributed by atoms with Crippen LogP contribution in [0.5, 0.6) is 0 Å². The normalized spacial score (nSPS) is 17.4. The minimum Gasteiger partial charge on any atom is -0.355 e. The van der Waals surface area contributed by atoms with Gasteiger partial charge in [0.1, 0.15) is 0 Å². The van der Waals surface area contributed by atoms with Crippen LogP contribution in [0.15, 0.2) is 48.5 Å². The van der Waals surface area contributed by atoms with Crippen LogP contribution in [-0.2, 0) is 22.6 Å². The summed E-state index contributed by atoms with van der Waals surface area (Å²) in [7, 11) is 0. The molecule has 1 heterocycles. The fraction of sp³-hybridized carbons (Fsp3) is 0.462. The van der Waals surface area contributed by atoms with Gasteiger partial charge in [0, 0.05) is 32.0 Å². The van der Waals surface area contributed by atoms with Crippen molar-refractivity contribution in [1.82, 2.24) is 10.2 Å². The molecule has 0 bridgehead atoms. The zero-order valence-electron chi connectivity index (χ0n) is 18.7. The molecule has 1 fully saturated rings. The maximum Gasteiger partial charge on any atom is 0.227 e. The molecular weight excluding hydrogens is 372 g/mol. The van der Waals surface area contributed by atoms with Crippen molar-refractivity contribution < 1.29 is 9.59 Å². The molecule has 2 aromatic carbocycles. The highest BCUT2D eigenvalue weighted by Crippen LogP contribution is 2.21. The third kappa shape index (κ3) is 5.94. The van der Waals surface area contributed by atoms with Crippen molar-refractivity contribution in [2.75, 3.05) is 13.1 Å². The molecule has 1 aliphatic heterocycles. The van der Waals surface area contributed by atoms with Crippen LogP contribution in [0.1, 0.15) is 55.4 Å². The van der Waals surface area contributed by atoms with Crippen LogP contribution in [-0.4, -0.2) is 29.8 Å². The summed E-state index contributed by atoms with van der Waals surface area (Å²) < 4.78 is 0. The zero-order chi connectivity index (χ0) is 21.7. The quantitative estimate of drug-likeness (QED) is 0.704. The number of hydrogen-bond acceptors (Lipinski definition) is 2. The van der Waals surface area contributed by atoms with Crippen LogP contribution < -0.4 is 5.32 Å². The number of rotatable bonds is 8. The van der Waals surface area contributed by atoms with Gasteiger partial charge in [-0.1, -0.05) is 67.9 Å². The van der Waals surface area contributed by atoms with Gasteiger partial charge >= 0.3 is 0 Å². The summed E-state index contributed by atoms with van der Waals surface area (Å²) >= 11 is 0. The first-order valence-corrected chi connectivity index (χ1v) is 11.0. The van der Waals surface area contributed by atoms with Crippen molar-refractivity contribution >= 4 is 11.8 Å². The lowest BCUT2D eigenvalue weighted by molar-refractivity contribution is -0.128. The lowest BCUT2D eigenvalue weighted by Crippen LogP contribution is -2.33. The Labute approximate surface area is 180 Å². The minimum atomic E-state index is -0.196. The van der Waals surface area contributed by atoms with Gasteiger partial charge in [-0.15, -0.1) is 0 Å². The molecule has 0 spiro atoms. The van der Waals surface area contributed by atoms with E-state index < -0.39 is 0 Å². The molecule has 0 radical (unpaired) electrons. The van der Waals surface area contributed by atoms with Gasteiger partial charge in [0.05, 0.1) is 5.92 Å². The first kappa shape index (κ1) is 22.1. The molecule has 4 heteroatoms. The molecule has 2 unspecified atom stereocenters. The Balaban J connectivity index is 1.49. The van der Waals surface area contributed by atoms with Crippen LogP contribution in [0.2, 0.25) is 0 Å². The summed E-state index contributed by atoms with van der Waals surface area (Å²) in [5.41, 5.74) is 4.69. The number of hydrogen-bond donors (Lipinski definition) is 1. The van der Waals surface area contributed by atoms with Gasteiger partial charge in [0.2, 0.25) is 11.8 Å². The number of nitrogens with one attached hydrogen (secondary N) is 1. The highest BCUT2D eigenvalue weighted by Gasteiger charge is 2.30. The van der Waals surface area contributed by atoms with Crippen molar-refractivity contribution in [1.29, 1.82) is 0 Å². The van der Waals surface area contributed by atoms with Crippen LogP contribution >= 0.6 is 0 Å². The Morgan fingerprint density at radius 2 is 1.83 bits per heavy atom. The van der Waals surface area contributed by atoms with Gasteiger partial charge in [-0.05, 0) is 42.9 Å². The molecule has 3 rings (SSSR count). The van der Waals surface area contributed by atoms with E-state index in [0.29, 0.717) is 32.0 Å². The molecular formula is C26H34N2O2. The largest absolute Gasteiger partial charge is 0.355 e. The second kappa shape index (κ2) is 9.92. The van der Waals surface area contributed by atoms with E-state index in [2.05, 4.69) is 68.6 Å². The van der Waals surface area contributed by atoms with E-state index in [9.17, 15) is 9.59 Å². The molecule has 0 aliphatic carbocycles. The number of likely N-dealkylation sites (tertiary alicyclic amines) is 1. The number of carbonyl (C=O) groups excluding carboxylic acids is 2. The van der Waals surface area contributed by atoms with Gasteiger partial charge in [0.25, 0.3) is 0 Å². The maximum atomic E-state index is 12.6. The van der Waals surface area contributed by atoms with Gasteiger partial charge in [-0.2, -0.15) is 0 Å². The highest BCUT2D eigenvalue weighted by atomic mass is 16.2. The number of carbonyl (C=O) groups is 2. The Bertz CT molecular complexity index is 873. The summed E-state index contributed by atoms with van der Waals surface area (Å²) in [6, 6.07) is 16.6. The SMILES string of the molecule is Cc1cccc(CN2CC(CNC(=O)C(C)c3ccc(CC(C)C)cc3)CC2=O)c1. The first-order chi connectivity index (χ1) is 14.3. The molecule has 1 saturated heterocycles. The molecule has 160 valence electrons. The molecule has 1 N–H and O–H groups in total. The molecule has 0 aromatic heterocycles. The van der Waals surface area contributed by atoms with Crippen LogP contribution in [0.4, 0.5) is 0 Å². The molecule has 0 saturated carbocycles. The van der Waals surface area contributed by atoms with Gasteiger partial charge in [-0.25, -0.2) is 0 Å². The molecule has 4 nitrogen and oxygen atoms in total. The summed E-state index contributed by atoms with van der Waals surface area (Å²) in [5, 5.41) is 3.07. The lowest BCUT2D eigenvalue weighted by atomic mass is 9.96. The number of nitrogens with zero attached hydrogens (tertiary/aromatic N) is 1. The third-order valence-corrected chi connectivity index (χ3v) is 5.83. The van der Waals surface area contributed by atoms with Gasteiger partial charge in [-0.3, -0.25) is 9.59 Å². The Hall–Kier alpha value is -2.62. The Morgan fingerprint density at radius 1 is 1.10 bits per heavy atom. The number of benzene rings is 2. The average Bonchev–Trinajstić information content (AvgIpc) is 3.05. The van der Waals surface area contributed by atoms with E-state index in [1.165, 1.54) is 11.1 Å². The van der Waals surface area contributed by atoms with Crippen LogP contribution in [0, 0.1) is 18.8 Å². The maximum absolute atomic E-state index is 12.6. The van der Waals surface area contributed by atoms with Crippen molar-refractivity contribution in [2.24, 2.45) is 11.8 Å². The fourth-order valence-electron chi connectivity index (χ4n) is 4.14. The predicted octanol–water partition coefficient (Wildman–Crippen LogP) is 4.46. The molecule has 2 aromatic rings. The van der Waals surface area contributed by atoms with E-state index >= 15 is 0 Å². The van der Waals surface area contributed by atoms with E-state index in [1.54, 1.807) is 0 Å². The average molecular weight is 407 g/mol. The molecule has 2 amide bonds.